The van der Waals surface area contributed by atoms with Gasteiger partial charge in [-0.25, -0.2) is 8.42 Å². The standard InChI is InChI=1S/C20H25N3O3S/c1-2-27(25,26)22-17-10-11-19(23-12-6-7-13-23)18(14-17)20(24)21-15-16-8-4-3-5-9-16/h3-5,8-11,14,22H,2,6-7,12-13,15H2,1H3,(H,21,24). The van der Waals surface area contributed by atoms with Crippen molar-refractivity contribution in [2.75, 3.05) is 28.5 Å². The Morgan fingerprint density at radius 3 is 2.44 bits per heavy atom. The number of carbonyl (C=O) groups excluding carboxylic acids is 1. The molecule has 2 aromatic carbocycles. The number of rotatable bonds is 7. The van der Waals surface area contributed by atoms with Gasteiger partial charge < -0.3 is 10.2 Å². The fraction of sp³-hybridized carbons (Fsp3) is 0.350. The molecule has 3 rings (SSSR count). The Bertz CT molecular complexity index is 892. The summed E-state index contributed by atoms with van der Waals surface area (Å²) in [5.41, 5.74) is 2.75. The average molecular weight is 388 g/mol. The maximum absolute atomic E-state index is 12.9. The third kappa shape index (κ3) is 5.01. The monoisotopic (exact) mass is 387 g/mol. The van der Waals surface area contributed by atoms with Crippen molar-refractivity contribution in [3.05, 3.63) is 59.7 Å². The van der Waals surface area contributed by atoms with Gasteiger partial charge in [0.05, 0.1) is 11.3 Å². The molecule has 0 aliphatic carbocycles. The number of nitrogens with one attached hydrogen (secondary N) is 2. The van der Waals surface area contributed by atoms with Crippen molar-refractivity contribution in [3.63, 3.8) is 0 Å². The normalized spacial score (nSPS) is 14.2. The van der Waals surface area contributed by atoms with E-state index in [0.29, 0.717) is 17.8 Å². The van der Waals surface area contributed by atoms with Crippen molar-refractivity contribution in [1.82, 2.24) is 5.32 Å². The summed E-state index contributed by atoms with van der Waals surface area (Å²) in [5, 5.41) is 2.94. The molecule has 0 aromatic heterocycles. The zero-order valence-electron chi connectivity index (χ0n) is 15.4. The third-order valence-corrected chi connectivity index (χ3v) is 5.94. The van der Waals surface area contributed by atoms with Crippen molar-refractivity contribution in [1.29, 1.82) is 0 Å². The van der Waals surface area contributed by atoms with Crippen LogP contribution in [0.5, 0.6) is 0 Å². The van der Waals surface area contributed by atoms with Crippen LogP contribution in [0.4, 0.5) is 11.4 Å². The number of anilines is 2. The molecule has 2 N–H and O–H groups in total. The highest BCUT2D eigenvalue weighted by atomic mass is 32.2. The van der Waals surface area contributed by atoms with Gasteiger partial charge in [-0.1, -0.05) is 30.3 Å². The number of amides is 1. The lowest BCUT2D eigenvalue weighted by atomic mass is 10.1. The van der Waals surface area contributed by atoms with Crippen molar-refractivity contribution in [2.45, 2.75) is 26.3 Å². The van der Waals surface area contributed by atoms with Gasteiger partial charge in [0, 0.05) is 31.0 Å². The fourth-order valence-electron chi connectivity index (χ4n) is 3.14. The Hall–Kier alpha value is -2.54. The number of carbonyl (C=O) groups is 1. The van der Waals surface area contributed by atoms with Gasteiger partial charge in [0.15, 0.2) is 0 Å². The topological polar surface area (TPSA) is 78.5 Å². The highest BCUT2D eigenvalue weighted by Gasteiger charge is 2.21. The Kier molecular flexibility index (Phi) is 6.01. The Morgan fingerprint density at radius 1 is 1.07 bits per heavy atom. The predicted octanol–water partition coefficient (Wildman–Crippen LogP) is 2.98. The summed E-state index contributed by atoms with van der Waals surface area (Å²) in [6.07, 6.45) is 2.19. The first-order valence-corrected chi connectivity index (χ1v) is 10.9. The van der Waals surface area contributed by atoms with Crippen LogP contribution in [-0.2, 0) is 16.6 Å². The molecule has 144 valence electrons. The van der Waals surface area contributed by atoms with Crippen LogP contribution < -0.4 is 14.9 Å². The third-order valence-electron chi connectivity index (χ3n) is 4.64. The minimum Gasteiger partial charge on any atom is -0.371 e. The minimum atomic E-state index is -3.40. The lowest BCUT2D eigenvalue weighted by Gasteiger charge is -2.22. The van der Waals surface area contributed by atoms with E-state index in [9.17, 15) is 13.2 Å². The first-order chi connectivity index (χ1) is 13.0. The number of hydrogen-bond donors (Lipinski definition) is 2. The van der Waals surface area contributed by atoms with Gasteiger partial charge in [-0.15, -0.1) is 0 Å². The Balaban J connectivity index is 1.85. The molecule has 0 atom stereocenters. The number of sulfonamides is 1. The van der Waals surface area contributed by atoms with Gasteiger partial charge >= 0.3 is 0 Å². The van der Waals surface area contributed by atoms with Crippen molar-refractivity contribution < 1.29 is 13.2 Å². The lowest BCUT2D eigenvalue weighted by molar-refractivity contribution is 0.0951. The van der Waals surface area contributed by atoms with Crippen LogP contribution in [0.2, 0.25) is 0 Å². The van der Waals surface area contributed by atoms with Crippen LogP contribution in [0.15, 0.2) is 48.5 Å². The average Bonchev–Trinajstić information content (AvgIpc) is 3.21. The van der Waals surface area contributed by atoms with E-state index in [2.05, 4.69) is 14.9 Å². The summed E-state index contributed by atoms with van der Waals surface area (Å²) >= 11 is 0. The maximum Gasteiger partial charge on any atom is 0.253 e. The molecule has 2 aromatic rings. The van der Waals surface area contributed by atoms with E-state index in [1.165, 1.54) is 0 Å². The van der Waals surface area contributed by atoms with E-state index >= 15 is 0 Å². The first kappa shape index (κ1) is 19.2. The van der Waals surface area contributed by atoms with Gasteiger partial charge in [0.1, 0.15) is 0 Å². The van der Waals surface area contributed by atoms with Gasteiger partial charge in [-0.05, 0) is 43.5 Å². The maximum atomic E-state index is 12.9. The second-order valence-corrected chi connectivity index (χ2v) is 8.61. The van der Waals surface area contributed by atoms with E-state index in [-0.39, 0.29) is 11.7 Å². The Labute approximate surface area is 160 Å². The van der Waals surface area contributed by atoms with Crippen LogP contribution in [0.1, 0.15) is 35.7 Å². The second kappa shape index (κ2) is 8.43. The zero-order chi connectivity index (χ0) is 19.3. The highest BCUT2D eigenvalue weighted by Crippen LogP contribution is 2.28. The lowest BCUT2D eigenvalue weighted by Crippen LogP contribution is -2.27. The SMILES string of the molecule is CCS(=O)(=O)Nc1ccc(N2CCCC2)c(C(=O)NCc2ccccc2)c1. The molecule has 0 unspecified atom stereocenters. The van der Waals surface area contributed by atoms with E-state index in [1.807, 2.05) is 36.4 Å². The molecule has 0 bridgehead atoms. The summed E-state index contributed by atoms with van der Waals surface area (Å²) < 4.78 is 26.3. The molecule has 1 amide bonds. The summed E-state index contributed by atoms with van der Waals surface area (Å²) in [5.74, 6) is -0.227. The van der Waals surface area contributed by atoms with Gasteiger partial charge in [-0.3, -0.25) is 9.52 Å². The van der Waals surface area contributed by atoms with E-state index in [4.69, 9.17) is 0 Å². The van der Waals surface area contributed by atoms with Crippen LogP contribution in [0.3, 0.4) is 0 Å². The predicted molar refractivity (Wildman–Crippen MR) is 109 cm³/mol. The molecule has 1 aliphatic rings. The zero-order valence-corrected chi connectivity index (χ0v) is 16.3. The van der Waals surface area contributed by atoms with Gasteiger partial charge in [0.2, 0.25) is 10.0 Å². The van der Waals surface area contributed by atoms with E-state index in [0.717, 1.165) is 37.2 Å². The highest BCUT2D eigenvalue weighted by molar-refractivity contribution is 7.92. The summed E-state index contributed by atoms with van der Waals surface area (Å²) in [7, 11) is -3.40. The first-order valence-electron chi connectivity index (χ1n) is 9.20. The van der Waals surface area contributed by atoms with Crippen molar-refractivity contribution >= 4 is 27.3 Å². The van der Waals surface area contributed by atoms with Crippen LogP contribution in [0, 0.1) is 0 Å². The molecular formula is C20H25N3O3S. The smallest absolute Gasteiger partial charge is 0.253 e. The minimum absolute atomic E-state index is 0.0174. The second-order valence-electron chi connectivity index (χ2n) is 6.60. The summed E-state index contributed by atoms with van der Waals surface area (Å²) in [6.45, 7) is 3.80. The van der Waals surface area contributed by atoms with E-state index < -0.39 is 10.0 Å². The molecule has 0 spiro atoms. The molecule has 6 nitrogen and oxygen atoms in total. The van der Waals surface area contributed by atoms with Crippen LogP contribution >= 0.6 is 0 Å². The van der Waals surface area contributed by atoms with Crippen LogP contribution in [0.25, 0.3) is 0 Å². The quantitative estimate of drug-likeness (QED) is 0.766. The molecule has 1 fully saturated rings. The molecule has 7 heteroatoms. The number of nitrogens with zero attached hydrogens (tertiary/aromatic N) is 1. The molecular weight excluding hydrogens is 362 g/mol. The Morgan fingerprint density at radius 2 is 1.78 bits per heavy atom. The van der Waals surface area contributed by atoms with Crippen molar-refractivity contribution in [2.24, 2.45) is 0 Å². The molecule has 1 heterocycles. The molecule has 1 saturated heterocycles. The van der Waals surface area contributed by atoms with Crippen molar-refractivity contribution in [3.8, 4) is 0 Å². The molecule has 27 heavy (non-hydrogen) atoms. The number of hydrogen-bond acceptors (Lipinski definition) is 4. The van der Waals surface area contributed by atoms with Crippen LogP contribution in [-0.4, -0.2) is 33.2 Å². The number of benzene rings is 2. The molecule has 0 saturated carbocycles. The fourth-order valence-corrected chi connectivity index (χ4v) is 3.77. The largest absolute Gasteiger partial charge is 0.371 e. The van der Waals surface area contributed by atoms with Gasteiger partial charge in [-0.2, -0.15) is 0 Å². The molecule has 0 radical (unpaired) electrons. The molecule has 1 aliphatic heterocycles. The van der Waals surface area contributed by atoms with E-state index in [1.54, 1.807) is 19.1 Å². The van der Waals surface area contributed by atoms with Gasteiger partial charge in [0.25, 0.3) is 5.91 Å². The summed E-state index contributed by atoms with van der Waals surface area (Å²) in [4.78, 5) is 15.0. The summed E-state index contributed by atoms with van der Waals surface area (Å²) in [6, 6.07) is 14.9.